The second-order valence-electron chi connectivity index (χ2n) is 5.50. The number of benzene rings is 2. The van der Waals surface area contributed by atoms with Crippen molar-refractivity contribution in [2.24, 2.45) is 0 Å². The second-order valence-corrected chi connectivity index (χ2v) is 9.40. The van der Waals surface area contributed by atoms with Gasteiger partial charge in [0.1, 0.15) is 8.07 Å². The zero-order valence-corrected chi connectivity index (χ0v) is 18.5. The fourth-order valence-electron chi connectivity index (χ4n) is 3.12. The van der Waals surface area contributed by atoms with Crippen molar-refractivity contribution < 1.29 is 58.9 Å². The molecule has 1 aliphatic rings. The molecule has 0 saturated heterocycles. The van der Waals surface area contributed by atoms with E-state index in [2.05, 4.69) is 86.3 Å². The summed E-state index contributed by atoms with van der Waals surface area (Å²) in [5.74, 6) is 0. The van der Waals surface area contributed by atoms with E-state index in [1.54, 1.807) is 0 Å². The summed E-state index contributed by atoms with van der Waals surface area (Å²) in [7, 11) is -1.89. The molecule has 0 spiro atoms. The summed E-state index contributed by atoms with van der Waals surface area (Å²) in [6, 6.07) is 21.9. The molecular formula is C19H19Cl3SiTi. The van der Waals surface area contributed by atoms with Crippen molar-refractivity contribution in [2.45, 2.75) is 19.9 Å². The van der Waals surface area contributed by atoms with E-state index < -0.39 is 8.07 Å². The average molecular weight is 430 g/mol. The Morgan fingerprint density at radius 2 is 1.21 bits per heavy atom. The van der Waals surface area contributed by atoms with Crippen LogP contribution in [0.3, 0.4) is 0 Å². The van der Waals surface area contributed by atoms with E-state index >= 15 is 0 Å². The van der Waals surface area contributed by atoms with Gasteiger partial charge in [0, 0.05) is 0 Å². The standard InChI is InChI=1S/C19H19Si.3ClH.Ti/c1-16-10-9-15-19(16)20(2,17-11-5-3-6-12-17)18-13-7-4-8-14-18;;;;/h3-8,10-14H,9H2,1-2H3;3*1H;/q-1;;;;+4/p-3. The maximum absolute atomic E-state index is 3.63. The van der Waals surface area contributed by atoms with Crippen LogP contribution in [0, 0.1) is 6.08 Å². The monoisotopic (exact) mass is 428 g/mol. The van der Waals surface area contributed by atoms with Crippen LogP contribution in [0.4, 0.5) is 0 Å². The fraction of sp³-hybridized carbons (Fsp3) is 0.158. The van der Waals surface area contributed by atoms with Gasteiger partial charge in [-0.3, -0.25) is 6.08 Å². The molecular weight excluding hydrogens is 411 g/mol. The first-order valence-electron chi connectivity index (χ1n) is 7.12. The topological polar surface area (TPSA) is 0 Å². The number of rotatable bonds is 3. The maximum atomic E-state index is 3.63. The molecule has 0 saturated carbocycles. The minimum Gasteiger partial charge on any atom is -1.00 e. The molecule has 0 amide bonds. The van der Waals surface area contributed by atoms with Crippen molar-refractivity contribution in [3.05, 3.63) is 83.6 Å². The van der Waals surface area contributed by atoms with Crippen molar-refractivity contribution in [1.82, 2.24) is 0 Å². The molecule has 0 N–H and O–H groups in total. The maximum Gasteiger partial charge on any atom is 4.00 e. The van der Waals surface area contributed by atoms with E-state index in [4.69, 9.17) is 0 Å². The first-order valence-corrected chi connectivity index (χ1v) is 9.62. The summed E-state index contributed by atoms with van der Waals surface area (Å²) in [6.07, 6.45) is 6.89. The van der Waals surface area contributed by atoms with Crippen LogP contribution in [0.25, 0.3) is 0 Å². The number of hydrogen-bond acceptors (Lipinski definition) is 0. The zero-order valence-electron chi connectivity index (χ0n) is 13.7. The molecule has 124 valence electrons. The van der Waals surface area contributed by atoms with Crippen LogP contribution in [0.5, 0.6) is 0 Å². The molecule has 2 aromatic carbocycles. The molecule has 0 nitrogen and oxygen atoms in total. The van der Waals surface area contributed by atoms with E-state index in [0.717, 1.165) is 6.42 Å². The summed E-state index contributed by atoms with van der Waals surface area (Å²) >= 11 is 0. The molecule has 0 radical (unpaired) electrons. The molecule has 0 aromatic heterocycles. The number of hydrogen-bond donors (Lipinski definition) is 0. The van der Waals surface area contributed by atoms with Crippen LogP contribution < -0.4 is 47.6 Å². The molecule has 0 atom stereocenters. The van der Waals surface area contributed by atoms with Crippen LogP contribution >= 0.6 is 0 Å². The van der Waals surface area contributed by atoms with Crippen molar-refractivity contribution in [2.75, 3.05) is 0 Å². The van der Waals surface area contributed by atoms with E-state index in [1.165, 1.54) is 21.1 Å². The van der Waals surface area contributed by atoms with Gasteiger partial charge in [0.15, 0.2) is 0 Å². The Morgan fingerprint density at radius 3 is 1.54 bits per heavy atom. The first kappa shape index (κ1) is 26.0. The van der Waals surface area contributed by atoms with Gasteiger partial charge in [0.25, 0.3) is 0 Å². The third-order valence-corrected chi connectivity index (χ3v) is 8.83. The van der Waals surface area contributed by atoms with Gasteiger partial charge in [-0.2, -0.15) is 6.08 Å². The third-order valence-electron chi connectivity index (χ3n) is 4.28. The van der Waals surface area contributed by atoms with Crippen LogP contribution in [0.2, 0.25) is 6.55 Å². The predicted molar refractivity (Wildman–Crippen MR) is 88.9 cm³/mol. The van der Waals surface area contributed by atoms with Gasteiger partial charge >= 0.3 is 21.7 Å². The van der Waals surface area contributed by atoms with Crippen LogP contribution in [-0.4, -0.2) is 8.07 Å². The summed E-state index contributed by atoms with van der Waals surface area (Å²) in [4.78, 5) is 0. The Kier molecular flexibility index (Phi) is 12.3. The minimum absolute atomic E-state index is 0. The van der Waals surface area contributed by atoms with Crippen molar-refractivity contribution in [3.8, 4) is 0 Å². The summed E-state index contributed by atoms with van der Waals surface area (Å²) in [6.45, 7) is 4.68. The quantitative estimate of drug-likeness (QED) is 0.337. The van der Waals surface area contributed by atoms with Crippen LogP contribution in [0.1, 0.15) is 13.3 Å². The van der Waals surface area contributed by atoms with Crippen LogP contribution in [-0.2, 0) is 21.7 Å². The molecule has 0 fully saturated rings. The Balaban J connectivity index is 0. The molecule has 1 aliphatic carbocycles. The Labute approximate surface area is 180 Å². The average Bonchev–Trinajstić information content (AvgIpc) is 2.95. The summed E-state index contributed by atoms with van der Waals surface area (Å²) in [5, 5.41) is 4.38. The normalized spacial score (nSPS) is 12.4. The first-order chi connectivity index (χ1) is 9.73. The zero-order chi connectivity index (χ0) is 14.0. The molecule has 5 heteroatoms. The Morgan fingerprint density at radius 1 is 0.792 bits per heavy atom. The predicted octanol–water partition coefficient (Wildman–Crippen LogP) is -5.49. The van der Waals surface area contributed by atoms with Gasteiger partial charge in [-0.25, -0.2) is 10.8 Å². The Hall–Kier alpha value is -0.279. The smallest absolute Gasteiger partial charge is 1.00 e. The van der Waals surface area contributed by atoms with Gasteiger partial charge in [-0.15, -0.1) is 13.3 Å². The van der Waals surface area contributed by atoms with Gasteiger partial charge in [0.05, 0.1) is 0 Å². The van der Waals surface area contributed by atoms with Gasteiger partial charge in [0.2, 0.25) is 0 Å². The number of allylic oxidation sites excluding steroid dienone is 4. The van der Waals surface area contributed by atoms with Crippen LogP contribution in [0.15, 0.2) is 77.5 Å². The van der Waals surface area contributed by atoms with Gasteiger partial charge in [-0.1, -0.05) is 77.6 Å². The minimum atomic E-state index is -1.89. The number of halogens is 3. The molecule has 0 unspecified atom stereocenters. The summed E-state index contributed by atoms with van der Waals surface area (Å²) < 4.78 is 0. The van der Waals surface area contributed by atoms with Crippen molar-refractivity contribution >= 4 is 18.4 Å². The summed E-state index contributed by atoms with van der Waals surface area (Å²) in [5.41, 5.74) is 1.41. The SMILES string of the molecule is CC1=CC[C-]=C1[Si](C)(c1ccccc1)c1ccccc1.[Cl-].[Cl-].[Cl-].[Ti+4]. The van der Waals surface area contributed by atoms with E-state index in [-0.39, 0.29) is 58.9 Å². The van der Waals surface area contributed by atoms with Crippen molar-refractivity contribution in [1.29, 1.82) is 0 Å². The molecule has 0 bridgehead atoms. The Bertz CT molecular complexity index is 630. The fourth-order valence-corrected chi connectivity index (χ4v) is 7.09. The molecule has 2 aromatic rings. The van der Waals surface area contributed by atoms with Gasteiger partial charge in [-0.05, 0) is 0 Å². The molecule has 24 heavy (non-hydrogen) atoms. The van der Waals surface area contributed by atoms with Gasteiger partial charge < -0.3 is 37.2 Å². The third kappa shape index (κ3) is 4.88. The molecule has 0 heterocycles. The largest absolute Gasteiger partial charge is 4.00 e. The molecule has 3 rings (SSSR count). The van der Waals surface area contributed by atoms with E-state index in [9.17, 15) is 0 Å². The van der Waals surface area contributed by atoms with Crippen molar-refractivity contribution in [3.63, 3.8) is 0 Å². The van der Waals surface area contributed by atoms with E-state index in [0.29, 0.717) is 0 Å². The molecule has 0 aliphatic heterocycles. The van der Waals surface area contributed by atoms with E-state index in [1.807, 2.05) is 0 Å². The second kappa shape index (κ2) is 11.4.